The third-order valence-electron chi connectivity index (χ3n) is 2.71. The molecule has 0 heterocycles. The number of hydrogen-bond acceptors (Lipinski definition) is 3. The maximum Gasteiger partial charge on any atom is 0.243 e. The van der Waals surface area contributed by atoms with Crippen molar-refractivity contribution < 1.29 is 9.90 Å². The van der Waals surface area contributed by atoms with Gasteiger partial charge in [0, 0.05) is 5.69 Å². The van der Waals surface area contributed by atoms with Crippen LogP contribution in [-0.2, 0) is 4.79 Å². The molecule has 0 bridgehead atoms. The van der Waals surface area contributed by atoms with Gasteiger partial charge in [-0.3, -0.25) is 4.79 Å². The molecule has 1 atom stereocenters. The van der Waals surface area contributed by atoms with Crippen LogP contribution >= 0.6 is 0 Å². The van der Waals surface area contributed by atoms with Gasteiger partial charge >= 0.3 is 0 Å². The molecule has 1 rings (SSSR count). The smallest absolute Gasteiger partial charge is 0.243 e. The summed E-state index contributed by atoms with van der Waals surface area (Å²) in [6.07, 6.45) is 0. The van der Waals surface area contributed by atoms with E-state index in [9.17, 15) is 4.79 Å². The van der Waals surface area contributed by atoms with E-state index in [0.29, 0.717) is 5.92 Å². The first-order valence-electron chi connectivity index (χ1n) is 5.74. The van der Waals surface area contributed by atoms with Gasteiger partial charge in [-0.2, -0.15) is 0 Å². The lowest BCUT2D eigenvalue weighted by Gasteiger charge is -2.17. The molecule has 1 unspecified atom stereocenters. The molecule has 1 aromatic carbocycles. The van der Waals surface area contributed by atoms with E-state index in [1.807, 2.05) is 25.1 Å². The number of amides is 1. The van der Waals surface area contributed by atoms with E-state index >= 15 is 0 Å². The van der Waals surface area contributed by atoms with Crippen LogP contribution < -0.4 is 11.1 Å². The van der Waals surface area contributed by atoms with Crippen LogP contribution in [0.4, 0.5) is 5.69 Å². The Labute approximate surface area is 102 Å². The Balaban J connectivity index is 3.01. The SMILES string of the molecule is Cc1cccc(C(C)C)c1NC(=O)C(N)CO. The number of nitrogens with one attached hydrogen (secondary N) is 1. The highest BCUT2D eigenvalue weighted by Gasteiger charge is 2.16. The van der Waals surface area contributed by atoms with Crippen molar-refractivity contribution in [3.8, 4) is 0 Å². The fraction of sp³-hybridized carbons (Fsp3) is 0.462. The lowest BCUT2D eigenvalue weighted by molar-refractivity contribution is -0.118. The summed E-state index contributed by atoms with van der Waals surface area (Å²) in [6.45, 7) is 5.72. The first-order chi connectivity index (χ1) is 7.97. The Morgan fingerprint density at radius 1 is 1.47 bits per heavy atom. The van der Waals surface area contributed by atoms with Crippen molar-refractivity contribution >= 4 is 11.6 Å². The molecule has 4 nitrogen and oxygen atoms in total. The zero-order chi connectivity index (χ0) is 13.0. The minimum absolute atomic E-state index is 0.315. The molecule has 4 heteroatoms. The maximum absolute atomic E-state index is 11.7. The molecular weight excluding hydrogens is 216 g/mol. The van der Waals surface area contributed by atoms with Crippen molar-refractivity contribution in [1.29, 1.82) is 0 Å². The maximum atomic E-state index is 11.7. The van der Waals surface area contributed by atoms with Crippen molar-refractivity contribution in [3.63, 3.8) is 0 Å². The number of benzene rings is 1. The van der Waals surface area contributed by atoms with Crippen LogP contribution in [0.3, 0.4) is 0 Å². The molecule has 4 N–H and O–H groups in total. The highest BCUT2D eigenvalue weighted by molar-refractivity contribution is 5.96. The van der Waals surface area contributed by atoms with Crippen molar-refractivity contribution in [2.24, 2.45) is 5.73 Å². The molecule has 0 saturated heterocycles. The molecule has 1 amide bonds. The number of anilines is 1. The molecular formula is C13H20N2O2. The number of para-hydroxylation sites is 1. The van der Waals surface area contributed by atoms with Gasteiger partial charge in [0.25, 0.3) is 0 Å². The van der Waals surface area contributed by atoms with Crippen molar-refractivity contribution in [3.05, 3.63) is 29.3 Å². The number of aryl methyl sites for hydroxylation is 1. The second kappa shape index (κ2) is 5.80. The van der Waals surface area contributed by atoms with Crippen LogP contribution in [0, 0.1) is 6.92 Å². The van der Waals surface area contributed by atoms with E-state index in [-0.39, 0.29) is 12.5 Å². The number of hydrogen-bond donors (Lipinski definition) is 3. The van der Waals surface area contributed by atoms with Gasteiger partial charge in [0.1, 0.15) is 6.04 Å². The predicted molar refractivity (Wildman–Crippen MR) is 69.0 cm³/mol. The van der Waals surface area contributed by atoms with Gasteiger partial charge in [0.2, 0.25) is 5.91 Å². The molecule has 0 radical (unpaired) electrons. The molecule has 0 aliphatic heterocycles. The summed E-state index contributed by atoms with van der Waals surface area (Å²) in [5.74, 6) is -0.0424. The molecule has 0 saturated carbocycles. The summed E-state index contributed by atoms with van der Waals surface area (Å²) >= 11 is 0. The Morgan fingerprint density at radius 3 is 2.65 bits per heavy atom. The van der Waals surface area contributed by atoms with Crippen LogP contribution in [0.1, 0.15) is 30.9 Å². The second-order valence-corrected chi connectivity index (χ2v) is 4.47. The zero-order valence-electron chi connectivity index (χ0n) is 10.5. The molecule has 94 valence electrons. The standard InChI is InChI=1S/C13H20N2O2/c1-8(2)10-6-4-5-9(3)12(10)15-13(17)11(14)7-16/h4-6,8,11,16H,7,14H2,1-3H3,(H,15,17). The summed E-state index contributed by atoms with van der Waals surface area (Å²) < 4.78 is 0. The number of rotatable bonds is 4. The minimum atomic E-state index is -0.880. The molecule has 0 fully saturated rings. The fourth-order valence-electron chi connectivity index (χ4n) is 1.64. The van der Waals surface area contributed by atoms with E-state index < -0.39 is 6.04 Å². The molecule has 0 spiro atoms. The average molecular weight is 236 g/mol. The topological polar surface area (TPSA) is 75.4 Å². The number of nitrogens with two attached hydrogens (primary N) is 1. The number of carbonyl (C=O) groups is 1. The monoisotopic (exact) mass is 236 g/mol. The van der Waals surface area contributed by atoms with Crippen molar-refractivity contribution in [2.75, 3.05) is 11.9 Å². The van der Waals surface area contributed by atoms with Gasteiger partial charge in [-0.15, -0.1) is 0 Å². The van der Waals surface area contributed by atoms with E-state index in [1.165, 1.54) is 0 Å². The largest absolute Gasteiger partial charge is 0.394 e. The summed E-state index contributed by atoms with van der Waals surface area (Å²) in [6, 6.07) is 5.00. The first-order valence-corrected chi connectivity index (χ1v) is 5.74. The molecule has 0 aliphatic carbocycles. The summed E-state index contributed by atoms with van der Waals surface area (Å²) in [4.78, 5) is 11.7. The van der Waals surface area contributed by atoms with Crippen LogP contribution in [0.25, 0.3) is 0 Å². The summed E-state index contributed by atoms with van der Waals surface area (Å²) in [5.41, 5.74) is 8.35. The Morgan fingerprint density at radius 2 is 2.12 bits per heavy atom. The Bertz CT molecular complexity index is 402. The van der Waals surface area contributed by atoms with Gasteiger partial charge in [-0.05, 0) is 24.0 Å². The number of aliphatic hydroxyl groups excluding tert-OH is 1. The second-order valence-electron chi connectivity index (χ2n) is 4.47. The minimum Gasteiger partial charge on any atom is -0.394 e. The van der Waals surface area contributed by atoms with Crippen LogP contribution in [-0.4, -0.2) is 23.7 Å². The molecule has 0 aromatic heterocycles. The average Bonchev–Trinajstić information content (AvgIpc) is 2.30. The normalized spacial score (nSPS) is 12.6. The van der Waals surface area contributed by atoms with Gasteiger partial charge in [-0.25, -0.2) is 0 Å². The molecule has 0 aliphatic rings. The molecule has 17 heavy (non-hydrogen) atoms. The van der Waals surface area contributed by atoms with Crippen LogP contribution in [0.15, 0.2) is 18.2 Å². The lowest BCUT2D eigenvalue weighted by atomic mass is 9.98. The van der Waals surface area contributed by atoms with Crippen LogP contribution in [0.5, 0.6) is 0 Å². The van der Waals surface area contributed by atoms with E-state index in [0.717, 1.165) is 16.8 Å². The van der Waals surface area contributed by atoms with Gasteiger partial charge in [0.15, 0.2) is 0 Å². The van der Waals surface area contributed by atoms with E-state index in [2.05, 4.69) is 19.2 Å². The summed E-state index contributed by atoms with van der Waals surface area (Å²) in [7, 11) is 0. The Hall–Kier alpha value is -1.39. The molecule has 1 aromatic rings. The van der Waals surface area contributed by atoms with Crippen LogP contribution in [0.2, 0.25) is 0 Å². The van der Waals surface area contributed by atoms with E-state index in [4.69, 9.17) is 10.8 Å². The number of aliphatic hydroxyl groups is 1. The predicted octanol–water partition coefficient (Wildman–Crippen LogP) is 1.38. The third kappa shape index (κ3) is 3.28. The van der Waals surface area contributed by atoms with Gasteiger partial charge in [-0.1, -0.05) is 32.0 Å². The van der Waals surface area contributed by atoms with Crippen molar-refractivity contribution in [1.82, 2.24) is 0 Å². The lowest BCUT2D eigenvalue weighted by Crippen LogP contribution is -2.38. The quantitative estimate of drug-likeness (QED) is 0.739. The summed E-state index contributed by atoms with van der Waals surface area (Å²) in [5, 5.41) is 11.6. The van der Waals surface area contributed by atoms with Gasteiger partial charge < -0.3 is 16.2 Å². The highest BCUT2D eigenvalue weighted by atomic mass is 16.3. The third-order valence-corrected chi connectivity index (χ3v) is 2.71. The first kappa shape index (κ1) is 13.7. The fourth-order valence-corrected chi connectivity index (χ4v) is 1.64. The van der Waals surface area contributed by atoms with E-state index in [1.54, 1.807) is 0 Å². The Kier molecular flexibility index (Phi) is 4.66. The zero-order valence-corrected chi connectivity index (χ0v) is 10.5. The van der Waals surface area contributed by atoms with Crippen molar-refractivity contribution in [2.45, 2.75) is 32.7 Å². The number of carbonyl (C=O) groups excluding carboxylic acids is 1. The highest BCUT2D eigenvalue weighted by Crippen LogP contribution is 2.27. The van der Waals surface area contributed by atoms with Gasteiger partial charge in [0.05, 0.1) is 6.61 Å².